The van der Waals surface area contributed by atoms with Crippen LogP contribution in [0.3, 0.4) is 0 Å². The highest BCUT2D eigenvalue weighted by molar-refractivity contribution is 5.77. The van der Waals surface area contributed by atoms with Crippen LogP contribution >= 0.6 is 0 Å². The van der Waals surface area contributed by atoms with Gasteiger partial charge in [-0.15, -0.1) is 0 Å². The lowest BCUT2D eigenvalue weighted by molar-refractivity contribution is -0.133. The first kappa shape index (κ1) is 14.4. The molecule has 0 fully saturated rings. The Hall–Kier alpha value is -1.71. The van der Waals surface area contributed by atoms with Crippen molar-refractivity contribution in [2.45, 2.75) is 20.4 Å². The topological polar surface area (TPSA) is 38.8 Å². The van der Waals surface area contributed by atoms with E-state index in [1.807, 2.05) is 32.0 Å². The van der Waals surface area contributed by atoms with Crippen LogP contribution in [0.15, 0.2) is 18.2 Å². The van der Waals surface area contributed by atoms with Crippen molar-refractivity contribution in [1.29, 1.82) is 0 Å². The fourth-order valence-corrected chi connectivity index (χ4v) is 1.76. The van der Waals surface area contributed by atoms with Gasteiger partial charge in [0, 0.05) is 31.1 Å². The van der Waals surface area contributed by atoms with Crippen LogP contribution in [0.1, 0.15) is 19.4 Å². The van der Waals surface area contributed by atoms with E-state index in [2.05, 4.69) is 0 Å². The Morgan fingerprint density at radius 3 is 2.44 bits per heavy atom. The predicted molar refractivity (Wildman–Crippen MR) is 70.9 cm³/mol. The smallest absolute Gasteiger partial charge is 0.225 e. The maximum Gasteiger partial charge on any atom is 0.225 e. The molecule has 1 amide bonds. The van der Waals surface area contributed by atoms with Gasteiger partial charge in [0.05, 0.1) is 14.2 Å². The summed E-state index contributed by atoms with van der Waals surface area (Å²) >= 11 is 0. The zero-order valence-electron chi connectivity index (χ0n) is 11.7. The molecular formula is C14H21NO3. The van der Waals surface area contributed by atoms with Crippen molar-refractivity contribution >= 4 is 5.91 Å². The van der Waals surface area contributed by atoms with Crippen molar-refractivity contribution in [3.05, 3.63) is 23.8 Å². The highest BCUT2D eigenvalue weighted by Crippen LogP contribution is 2.25. The first-order valence-electron chi connectivity index (χ1n) is 5.95. The first-order chi connectivity index (χ1) is 8.49. The summed E-state index contributed by atoms with van der Waals surface area (Å²) in [5, 5.41) is 0. The highest BCUT2D eigenvalue weighted by atomic mass is 16.5. The van der Waals surface area contributed by atoms with Crippen LogP contribution in [-0.4, -0.2) is 32.1 Å². The second-order valence-electron chi connectivity index (χ2n) is 4.53. The van der Waals surface area contributed by atoms with E-state index in [1.54, 1.807) is 26.2 Å². The summed E-state index contributed by atoms with van der Waals surface area (Å²) in [6.45, 7) is 4.32. The minimum Gasteiger partial charge on any atom is -0.497 e. The Balaban J connectivity index is 2.87. The lowest BCUT2D eigenvalue weighted by Crippen LogP contribution is -2.30. The largest absolute Gasteiger partial charge is 0.497 e. The highest BCUT2D eigenvalue weighted by Gasteiger charge is 2.15. The molecule has 1 aromatic rings. The van der Waals surface area contributed by atoms with Crippen LogP contribution < -0.4 is 9.47 Å². The number of ether oxygens (including phenoxy) is 2. The van der Waals surface area contributed by atoms with Crippen molar-refractivity contribution in [3.8, 4) is 11.5 Å². The molecule has 1 rings (SSSR count). The second-order valence-corrected chi connectivity index (χ2v) is 4.53. The summed E-state index contributed by atoms with van der Waals surface area (Å²) in [5.74, 6) is 1.60. The summed E-state index contributed by atoms with van der Waals surface area (Å²) in [7, 11) is 5.03. The van der Waals surface area contributed by atoms with Crippen molar-refractivity contribution in [2.24, 2.45) is 5.92 Å². The zero-order valence-corrected chi connectivity index (χ0v) is 11.7. The Kier molecular flexibility index (Phi) is 5.01. The number of carbonyl (C=O) groups excluding carboxylic acids is 1. The molecule has 0 bridgehead atoms. The summed E-state index contributed by atoms with van der Waals surface area (Å²) in [5.41, 5.74) is 0.967. The third-order valence-corrected chi connectivity index (χ3v) is 2.77. The Bertz CT molecular complexity index is 416. The number of hydrogen-bond donors (Lipinski definition) is 0. The molecule has 0 atom stereocenters. The molecule has 0 saturated heterocycles. The van der Waals surface area contributed by atoms with E-state index in [1.165, 1.54) is 0 Å². The van der Waals surface area contributed by atoms with Gasteiger partial charge in [-0.3, -0.25) is 4.79 Å². The molecule has 0 N–H and O–H groups in total. The van der Waals surface area contributed by atoms with Gasteiger partial charge in [0.25, 0.3) is 0 Å². The second kappa shape index (κ2) is 6.28. The van der Waals surface area contributed by atoms with Gasteiger partial charge >= 0.3 is 0 Å². The molecule has 0 aliphatic carbocycles. The summed E-state index contributed by atoms with van der Waals surface area (Å²) in [6, 6.07) is 5.61. The van der Waals surface area contributed by atoms with Crippen LogP contribution in [0, 0.1) is 5.92 Å². The maximum absolute atomic E-state index is 11.8. The average molecular weight is 251 g/mol. The van der Waals surface area contributed by atoms with Gasteiger partial charge in [-0.1, -0.05) is 13.8 Å². The van der Waals surface area contributed by atoms with Crippen LogP contribution in [0.25, 0.3) is 0 Å². The summed E-state index contributed by atoms with van der Waals surface area (Å²) in [4.78, 5) is 13.5. The predicted octanol–water partition coefficient (Wildman–Crippen LogP) is 2.32. The van der Waals surface area contributed by atoms with E-state index >= 15 is 0 Å². The quantitative estimate of drug-likeness (QED) is 0.806. The fraction of sp³-hybridized carbons (Fsp3) is 0.500. The number of rotatable bonds is 5. The molecule has 0 aromatic heterocycles. The van der Waals surface area contributed by atoms with E-state index in [4.69, 9.17) is 9.47 Å². The molecule has 0 aliphatic heterocycles. The lowest BCUT2D eigenvalue weighted by Gasteiger charge is -2.21. The number of amides is 1. The van der Waals surface area contributed by atoms with E-state index in [9.17, 15) is 4.79 Å². The van der Waals surface area contributed by atoms with Crippen LogP contribution in [-0.2, 0) is 11.3 Å². The Morgan fingerprint density at radius 2 is 1.94 bits per heavy atom. The van der Waals surface area contributed by atoms with E-state index < -0.39 is 0 Å². The van der Waals surface area contributed by atoms with E-state index in [0.717, 1.165) is 17.1 Å². The number of methoxy groups -OCH3 is 2. The molecule has 4 nitrogen and oxygen atoms in total. The SMILES string of the molecule is COc1ccc(CN(C)C(=O)C(C)C)c(OC)c1. The molecule has 18 heavy (non-hydrogen) atoms. The number of carbonyl (C=O) groups is 1. The Morgan fingerprint density at radius 1 is 1.28 bits per heavy atom. The molecule has 0 heterocycles. The molecule has 0 radical (unpaired) electrons. The van der Waals surface area contributed by atoms with Crippen LogP contribution in [0.5, 0.6) is 11.5 Å². The van der Waals surface area contributed by atoms with Gasteiger partial charge in [0.15, 0.2) is 0 Å². The van der Waals surface area contributed by atoms with Gasteiger partial charge in [0.2, 0.25) is 5.91 Å². The molecule has 1 aromatic carbocycles. The van der Waals surface area contributed by atoms with Gasteiger partial charge in [0.1, 0.15) is 11.5 Å². The van der Waals surface area contributed by atoms with Crippen molar-refractivity contribution < 1.29 is 14.3 Å². The fourth-order valence-electron chi connectivity index (χ4n) is 1.76. The van der Waals surface area contributed by atoms with Gasteiger partial charge in [-0.25, -0.2) is 0 Å². The monoisotopic (exact) mass is 251 g/mol. The Labute approximate surface area is 108 Å². The molecular weight excluding hydrogens is 230 g/mol. The summed E-state index contributed by atoms with van der Waals surface area (Å²) in [6.07, 6.45) is 0. The molecule has 0 unspecified atom stereocenters. The molecule has 0 aliphatic rings. The minimum atomic E-state index is -0.000701. The average Bonchev–Trinajstić information content (AvgIpc) is 2.37. The summed E-state index contributed by atoms with van der Waals surface area (Å²) < 4.78 is 10.5. The minimum absolute atomic E-state index is 0.000701. The third kappa shape index (κ3) is 3.39. The normalized spacial score (nSPS) is 10.3. The van der Waals surface area contributed by atoms with Gasteiger partial charge in [-0.2, -0.15) is 0 Å². The lowest BCUT2D eigenvalue weighted by atomic mass is 10.1. The first-order valence-corrected chi connectivity index (χ1v) is 5.95. The van der Waals surface area contributed by atoms with Crippen molar-refractivity contribution in [3.63, 3.8) is 0 Å². The van der Waals surface area contributed by atoms with Gasteiger partial charge < -0.3 is 14.4 Å². The number of benzene rings is 1. The zero-order chi connectivity index (χ0) is 13.7. The van der Waals surface area contributed by atoms with E-state index in [0.29, 0.717) is 6.54 Å². The molecule has 0 saturated carbocycles. The number of hydrogen-bond acceptors (Lipinski definition) is 3. The molecule has 0 spiro atoms. The molecule has 4 heteroatoms. The standard InChI is InChI=1S/C14H21NO3/c1-10(2)14(16)15(3)9-11-6-7-12(17-4)8-13(11)18-5/h6-8,10H,9H2,1-5H3. The van der Waals surface area contributed by atoms with Crippen molar-refractivity contribution in [1.82, 2.24) is 4.90 Å². The van der Waals surface area contributed by atoms with Crippen LogP contribution in [0.4, 0.5) is 0 Å². The maximum atomic E-state index is 11.8. The van der Waals surface area contributed by atoms with Crippen molar-refractivity contribution in [2.75, 3.05) is 21.3 Å². The van der Waals surface area contributed by atoms with E-state index in [-0.39, 0.29) is 11.8 Å². The number of nitrogens with zero attached hydrogens (tertiary/aromatic N) is 1. The third-order valence-electron chi connectivity index (χ3n) is 2.77. The van der Waals surface area contributed by atoms with Gasteiger partial charge in [-0.05, 0) is 12.1 Å². The van der Waals surface area contributed by atoms with Crippen LogP contribution in [0.2, 0.25) is 0 Å². The molecule has 100 valence electrons.